The van der Waals surface area contributed by atoms with Gasteiger partial charge in [0.2, 0.25) is 0 Å². The van der Waals surface area contributed by atoms with Crippen LogP contribution in [-0.4, -0.2) is 54.6 Å². The fourth-order valence-electron chi connectivity index (χ4n) is 4.27. The molecule has 1 aliphatic rings. The van der Waals surface area contributed by atoms with E-state index in [0.717, 1.165) is 11.8 Å². The lowest BCUT2D eigenvalue weighted by Crippen LogP contribution is -2.16. The summed E-state index contributed by atoms with van der Waals surface area (Å²) in [5.41, 5.74) is 2.24. The quantitative estimate of drug-likeness (QED) is 0.453. The molecule has 1 unspecified atom stereocenters. The Hall–Kier alpha value is -2.11. The van der Waals surface area contributed by atoms with E-state index in [9.17, 15) is 17.5 Å². The van der Waals surface area contributed by atoms with Crippen LogP contribution in [0.15, 0.2) is 47.5 Å². The minimum atomic E-state index is -3.51. The Morgan fingerprint density at radius 2 is 1.97 bits per heavy atom. The van der Waals surface area contributed by atoms with Crippen molar-refractivity contribution in [2.24, 2.45) is 0 Å². The van der Waals surface area contributed by atoms with E-state index < -0.39 is 20.4 Å². The number of fused-ring (bicyclic) bond motifs is 2. The minimum absolute atomic E-state index is 0.0313. The molecule has 1 saturated heterocycles. The van der Waals surface area contributed by atoms with E-state index in [2.05, 4.69) is 5.10 Å². The first-order valence-corrected chi connectivity index (χ1v) is 13.8. The number of aromatic nitrogens is 4. The molecule has 0 aliphatic carbocycles. The molecular formula is C20H21ClN4O4S2. The summed E-state index contributed by atoms with van der Waals surface area (Å²) in [6, 6.07) is 12.5. The van der Waals surface area contributed by atoms with Crippen LogP contribution in [0.25, 0.3) is 21.9 Å². The summed E-state index contributed by atoms with van der Waals surface area (Å²) in [5, 5.41) is 5.55. The van der Waals surface area contributed by atoms with Gasteiger partial charge in [-0.2, -0.15) is 15.7 Å². The Balaban J connectivity index is 1.67. The molecule has 0 bridgehead atoms. The van der Waals surface area contributed by atoms with Crippen molar-refractivity contribution in [3.8, 4) is 0 Å². The van der Waals surface area contributed by atoms with Crippen LogP contribution in [0.1, 0.15) is 18.3 Å². The second-order valence-electron chi connectivity index (χ2n) is 7.90. The van der Waals surface area contributed by atoms with E-state index in [-0.39, 0.29) is 23.4 Å². The Bertz CT molecular complexity index is 1430. The average molecular weight is 481 g/mol. The smallest absolute Gasteiger partial charge is 0.195 e. The summed E-state index contributed by atoms with van der Waals surface area (Å²) in [4.78, 5) is 4.75. The van der Waals surface area contributed by atoms with Gasteiger partial charge in [-0.3, -0.25) is 13.8 Å². The fourth-order valence-corrected chi connectivity index (χ4v) is 7.00. The molecule has 1 aliphatic heterocycles. The van der Waals surface area contributed by atoms with Crippen LogP contribution in [-0.2, 0) is 16.4 Å². The number of nitrogens with zero attached hydrogens (tertiary/aromatic N) is 4. The predicted octanol–water partition coefficient (Wildman–Crippen LogP) is 4.19. The first kappa shape index (κ1) is 20.8. The number of benzene rings is 2. The molecule has 3 heterocycles. The van der Waals surface area contributed by atoms with Crippen LogP contribution in [0, 0.1) is 0 Å². The zero-order valence-electron chi connectivity index (χ0n) is 16.6. The van der Waals surface area contributed by atoms with Gasteiger partial charge < -0.3 is 4.57 Å². The molecule has 0 spiro atoms. The summed E-state index contributed by atoms with van der Waals surface area (Å²) < 4.78 is 48.6. The molecule has 0 radical (unpaired) electrons. The largest absolute Gasteiger partial charge is 0.322 e. The SMILES string of the molecule is CS(=O)(=O)c1nn(Cc2nc3cc(Cl)ccc3n2C2CCS(O)(O)C2)c2ccccc12. The zero-order chi connectivity index (χ0) is 22.0. The second kappa shape index (κ2) is 7.21. The average Bonchev–Trinajstić information content (AvgIpc) is 3.34. The van der Waals surface area contributed by atoms with Crippen LogP contribution in [0.4, 0.5) is 0 Å². The lowest BCUT2D eigenvalue weighted by molar-refractivity contribution is 0.487. The van der Waals surface area contributed by atoms with Crippen molar-refractivity contribution < 1.29 is 17.5 Å². The molecule has 0 saturated carbocycles. The number of halogens is 1. The van der Waals surface area contributed by atoms with Crippen molar-refractivity contribution in [2.45, 2.75) is 24.0 Å². The normalized spacial score (nSPS) is 19.9. The molecule has 1 fully saturated rings. The molecule has 1 atom stereocenters. The Morgan fingerprint density at radius 1 is 1.19 bits per heavy atom. The highest BCUT2D eigenvalue weighted by atomic mass is 35.5. The number of hydrogen-bond acceptors (Lipinski definition) is 6. The van der Waals surface area contributed by atoms with Gasteiger partial charge >= 0.3 is 0 Å². The maximum atomic E-state index is 12.3. The van der Waals surface area contributed by atoms with E-state index in [1.165, 1.54) is 0 Å². The van der Waals surface area contributed by atoms with Crippen LogP contribution >= 0.6 is 22.2 Å². The highest BCUT2D eigenvalue weighted by Crippen LogP contribution is 2.51. The molecule has 2 aromatic carbocycles. The van der Waals surface area contributed by atoms with E-state index in [4.69, 9.17) is 16.6 Å². The summed E-state index contributed by atoms with van der Waals surface area (Å²) >= 11 is 6.17. The molecule has 0 amide bonds. The van der Waals surface area contributed by atoms with E-state index in [1.54, 1.807) is 28.9 Å². The van der Waals surface area contributed by atoms with Gasteiger partial charge in [0.05, 0.1) is 34.9 Å². The lowest BCUT2D eigenvalue weighted by atomic mass is 10.2. The fraction of sp³-hybridized carbons (Fsp3) is 0.300. The lowest BCUT2D eigenvalue weighted by Gasteiger charge is -2.26. The minimum Gasteiger partial charge on any atom is -0.322 e. The molecule has 4 aromatic rings. The van der Waals surface area contributed by atoms with Gasteiger partial charge in [-0.05, 0) is 36.8 Å². The number of sulfone groups is 1. The summed E-state index contributed by atoms with van der Waals surface area (Å²) in [5.74, 6) is 1.28. The summed E-state index contributed by atoms with van der Waals surface area (Å²) in [6.45, 7) is 0.234. The van der Waals surface area contributed by atoms with Crippen molar-refractivity contribution >= 4 is 54.0 Å². The summed E-state index contributed by atoms with van der Waals surface area (Å²) in [6.07, 6.45) is 1.77. The highest BCUT2D eigenvalue weighted by molar-refractivity contribution is 8.24. The third kappa shape index (κ3) is 3.72. The van der Waals surface area contributed by atoms with Gasteiger partial charge in [0.15, 0.2) is 14.9 Å². The standard InChI is InChI=1S/C20H21ClN4O4S2/c1-30(26,27)20-15-4-2-3-5-17(15)24(23-20)11-19-22-16-10-13(21)6-7-18(16)25(19)14-8-9-31(28,29)12-14/h2-7,10,14,28-29H,8-9,11-12H2,1H3. The van der Waals surface area contributed by atoms with Crippen LogP contribution in [0.3, 0.4) is 0 Å². The summed E-state index contributed by atoms with van der Waals surface area (Å²) in [7, 11) is -6.13. The van der Waals surface area contributed by atoms with E-state index in [1.807, 2.05) is 22.8 Å². The molecule has 31 heavy (non-hydrogen) atoms. The van der Waals surface area contributed by atoms with Crippen molar-refractivity contribution in [3.63, 3.8) is 0 Å². The van der Waals surface area contributed by atoms with Crippen molar-refractivity contribution in [2.75, 3.05) is 17.8 Å². The van der Waals surface area contributed by atoms with E-state index in [0.29, 0.717) is 39.4 Å². The van der Waals surface area contributed by atoms with Gasteiger partial charge in [0.1, 0.15) is 5.82 Å². The monoisotopic (exact) mass is 480 g/mol. The maximum absolute atomic E-state index is 12.3. The second-order valence-corrected chi connectivity index (χ2v) is 12.6. The van der Waals surface area contributed by atoms with Gasteiger partial charge in [0.25, 0.3) is 0 Å². The Morgan fingerprint density at radius 3 is 2.68 bits per heavy atom. The van der Waals surface area contributed by atoms with Gasteiger partial charge in [-0.15, -0.1) is 0 Å². The predicted molar refractivity (Wildman–Crippen MR) is 123 cm³/mol. The molecule has 164 valence electrons. The molecule has 5 rings (SSSR count). The number of rotatable bonds is 4. The first-order valence-electron chi connectivity index (χ1n) is 9.68. The van der Waals surface area contributed by atoms with Gasteiger partial charge in [-0.25, -0.2) is 13.4 Å². The zero-order valence-corrected chi connectivity index (χ0v) is 19.0. The van der Waals surface area contributed by atoms with Crippen molar-refractivity contribution in [1.82, 2.24) is 19.3 Å². The Labute approximate surface area is 185 Å². The van der Waals surface area contributed by atoms with Crippen LogP contribution in [0.2, 0.25) is 5.02 Å². The molecule has 11 heteroatoms. The molecule has 2 N–H and O–H groups in total. The third-order valence-electron chi connectivity index (χ3n) is 5.59. The molecule has 2 aromatic heterocycles. The van der Waals surface area contributed by atoms with Gasteiger partial charge in [-0.1, -0.05) is 23.7 Å². The number of para-hydroxylation sites is 1. The number of imidazole rings is 1. The molecule has 8 nitrogen and oxygen atoms in total. The maximum Gasteiger partial charge on any atom is 0.195 e. The van der Waals surface area contributed by atoms with Crippen molar-refractivity contribution in [1.29, 1.82) is 0 Å². The van der Waals surface area contributed by atoms with E-state index >= 15 is 0 Å². The van der Waals surface area contributed by atoms with Crippen LogP contribution < -0.4 is 0 Å². The third-order valence-corrected chi connectivity index (χ3v) is 8.64. The Kier molecular flexibility index (Phi) is 4.83. The number of hydrogen-bond donors (Lipinski definition) is 2. The van der Waals surface area contributed by atoms with Crippen LogP contribution in [0.5, 0.6) is 0 Å². The molecular weight excluding hydrogens is 460 g/mol. The van der Waals surface area contributed by atoms with Crippen molar-refractivity contribution in [3.05, 3.63) is 53.3 Å². The van der Waals surface area contributed by atoms with Gasteiger partial charge in [0, 0.05) is 22.4 Å². The highest BCUT2D eigenvalue weighted by Gasteiger charge is 2.32. The topological polar surface area (TPSA) is 110 Å². The first-order chi connectivity index (χ1) is 14.6.